The van der Waals surface area contributed by atoms with Crippen LogP contribution in [0.1, 0.15) is 49.6 Å². The number of ether oxygens (including phenoxy) is 1. The fraction of sp³-hybridized carbons (Fsp3) is 0.500. The molecule has 0 radical (unpaired) electrons. The molecule has 146 valence electrons. The van der Waals surface area contributed by atoms with Gasteiger partial charge in [-0.2, -0.15) is 9.29 Å². The monoisotopic (exact) mass is 393 g/mol. The summed E-state index contributed by atoms with van der Waals surface area (Å²) in [5.74, 6) is 0.362. The van der Waals surface area contributed by atoms with Crippen LogP contribution in [0.3, 0.4) is 0 Å². The molecule has 1 fully saturated rings. The van der Waals surface area contributed by atoms with E-state index in [0.717, 1.165) is 18.4 Å². The van der Waals surface area contributed by atoms with Crippen LogP contribution in [-0.2, 0) is 26.0 Å². The first-order valence-corrected chi connectivity index (χ1v) is 10.4. The Bertz CT molecular complexity index is 886. The van der Waals surface area contributed by atoms with Crippen molar-refractivity contribution in [3.8, 4) is 0 Å². The zero-order valence-electron chi connectivity index (χ0n) is 15.4. The Morgan fingerprint density at radius 1 is 1.26 bits per heavy atom. The van der Waals surface area contributed by atoms with E-state index in [1.165, 1.54) is 4.31 Å². The normalized spacial score (nSPS) is 16.4. The molecule has 0 N–H and O–H groups in total. The Morgan fingerprint density at radius 2 is 1.93 bits per heavy atom. The first kappa shape index (κ1) is 19.5. The average molecular weight is 393 g/mol. The fourth-order valence-electron chi connectivity index (χ4n) is 2.94. The molecule has 0 aliphatic carbocycles. The topological polar surface area (TPSA) is 103 Å². The molecule has 1 aromatic heterocycles. The number of aryl methyl sites for hydroxylation is 2. The highest BCUT2D eigenvalue weighted by molar-refractivity contribution is 7.89. The molecule has 0 bridgehead atoms. The maximum Gasteiger partial charge on any atom is 0.306 e. The summed E-state index contributed by atoms with van der Waals surface area (Å²) in [6, 6.07) is 6.67. The zero-order chi connectivity index (χ0) is 19.4. The second-order valence-corrected chi connectivity index (χ2v) is 8.50. The standard InChI is InChI=1S/C18H23N3O5S/c1-13(18-19-14(2)20-26-18)25-17(22)10-7-15-5-8-16(9-6-15)27(23,24)21-11-3-4-12-21/h5-6,8-9,13H,3-4,7,10-12H2,1-2H3. The summed E-state index contributed by atoms with van der Waals surface area (Å²) in [6.07, 6.45) is 1.84. The van der Waals surface area contributed by atoms with E-state index in [4.69, 9.17) is 9.26 Å². The van der Waals surface area contributed by atoms with Gasteiger partial charge in [0.05, 0.1) is 4.90 Å². The van der Waals surface area contributed by atoms with Crippen molar-refractivity contribution < 1.29 is 22.5 Å². The van der Waals surface area contributed by atoms with Gasteiger partial charge in [-0.15, -0.1) is 0 Å². The van der Waals surface area contributed by atoms with Crippen LogP contribution in [0.25, 0.3) is 0 Å². The molecule has 1 saturated heterocycles. The van der Waals surface area contributed by atoms with Crippen molar-refractivity contribution in [3.63, 3.8) is 0 Å². The predicted octanol–water partition coefficient (Wildman–Crippen LogP) is 2.40. The lowest BCUT2D eigenvalue weighted by atomic mass is 10.1. The Morgan fingerprint density at radius 3 is 2.52 bits per heavy atom. The molecule has 1 unspecified atom stereocenters. The lowest BCUT2D eigenvalue weighted by molar-refractivity contribution is -0.149. The van der Waals surface area contributed by atoms with Gasteiger partial charge >= 0.3 is 5.97 Å². The third kappa shape index (κ3) is 4.72. The third-order valence-electron chi connectivity index (χ3n) is 4.44. The molecule has 1 aliphatic heterocycles. The number of benzene rings is 1. The number of sulfonamides is 1. The van der Waals surface area contributed by atoms with E-state index in [0.29, 0.717) is 25.3 Å². The molecular weight excluding hydrogens is 370 g/mol. The second kappa shape index (κ2) is 8.18. The van der Waals surface area contributed by atoms with Crippen LogP contribution in [0.2, 0.25) is 0 Å². The number of carbonyl (C=O) groups excluding carboxylic acids is 1. The predicted molar refractivity (Wildman–Crippen MR) is 96.3 cm³/mol. The minimum Gasteiger partial charge on any atom is -0.453 e. The van der Waals surface area contributed by atoms with Gasteiger partial charge in [0.2, 0.25) is 10.0 Å². The van der Waals surface area contributed by atoms with Crippen LogP contribution >= 0.6 is 0 Å². The Hall–Kier alpha value is -2.26. The van der Waals surface area contributed by atoms with Crippen LogP contribution in [0.5, 0.6) is 0 Å². The van der Waals surface area contributed by atoms with Crippen LogP contribution in [-0.4, -0.2) is 41.9 Å². The first-order chi connectivity index (χ1) is 12.9. The highest BCUT2D eigenvalue weighted by Crippen LogP contribution is 2.21. The lowest BCUT2D eigenvalue weighted by Gasteiger charge is -2.15. The minimum atomic E-state index is -3.41. The Kier molecular flexibility index (Phi) is 5.91. The molecule has 0 amide bonds. The van der Waals surface area contributed by atoms with Crippen LogP contribution in [0.4, 0.5) is 0 Å². The quantitative estimate of drug-likeness (QED) is 0.666. The van der Waals surface area contributed by atoms with Gasteiger partial charge in [-0.1, -0.05) is 17.3 Å². The third-order valence-corrected chi connectivity index (χ3v) is 6.36. The molecule has 2 heterocycles. The van der Waals surface area contributed by atoms with E-state index in [1.54, 1.807) is 38.1 Å². The van der Waals surface area contributed by atoms with E-state index in [-0.39, 0.29) is 23.2 Å². The molecule has 0 spiro atoms. The molecule has 1 aromatic carbocycles. The number of esters is 1. The molecule has 9 heteroatoms. The van der Waals surface area contributed by atoms with Crippen LogP contribution < -0.4 is 0 Å². The molecule has 8 nitrogen and oxygen atoms in total. The summed E-state index contributed by atoms with van der Waals surface area (Å²) in [6.45, 7) is 4.51. The Labute approximate surface area is 158 Å². The second-order valence-electron chi connectivity index (χ2n) is 6.57. The molecule has 1 aliphatic rings. The van der Waals surface area contributed by atoms with Gasteiger partial charge in [-0.3, -0.25) is 4.79 Å². The molecule has 1 atom stereocenters. The maximum absolute atomic E-state index is 12.5. The Balaban J connectivity index is 1.53. The van der Waals surface area contributed by atoms with E-state index in [9.17, 15) is 13.2 Å². The number of nitrogens with zero attached hydrogens (tertiary/aromatic N) is 3. The molecule has 27 heavy (non-hydrogen) atoms. The first-order valence-electron chi connectivity index (χ1n) is 8.95. The molecule has 3 rings (SSSR count). The SMILES string of the molecule is Cc1noc(C(C)OC(=O)CCc2ccc(S(=O)(=O)N3CCCC3)cc2)n1. The largest absolute Gasteiger partial charge is 0.453 e. The fourth-order valence-corrected chi connectivity index (χ4v) is 4.45. The van der Waals surface area contributed by atoms with Gasteiger partial charge in [0.1, 0.15) is 0 Å². The van der Waals surface area contributed by atoms with E-state index >= 15 is 0 Å². The lowest BCUT2D eigenvalue weighted by Crippen LogP contribution is -2.27. The van der Waals surface area contributed by atoms with Gasteiger partial charge in [0, 0.05) is 19.5 Å². The smallest absolute Gasteiger partial charge is 0.306 e. The van der Waals surface area contributed by atoms with Crippen molar-refractivity contribution in [3.05, 3.63) is 41.5 Å². The van der Waals surface area contributed by atoms with Gasteiger partial charge < -0.3 is 9.26 Å². The number of rotatable bonds is 7. The van der Waals surface area contributed by atoms with E-state index in [2.05, 4.69) is 10.1 Å². The van der Waals surface area contributed by atoms with Crippen LogP contribution in [0, 0.1) is 6.92 Å². The highest BCUT2D eigenvalue weighted by atomic mass is 32.2. The van der Waals surface area contributed by atoms with Crippen molar-refractivity contribution >= 4 is 16.0 Å². The van der Waals surface area contributed by atoms with Crippen molar-refractivity contribution in [1.82, 2.24) is 14.4 Å². The van der Waals surface area contributed by atoms with Gasteiger partial charge in [0.15, 0.2) is 11.9 Å². The number of aromatic nitrogens is 2. The van der Waals surface area contributed by atoms with Gasteiger partial charge in [-0.05, 0) is 50.8 Å². The zero-order valence-corrected chi connectivity index (χ0v) is 16.2. The number of hydrogen-bond donors (Lipinski definition) is 0. The summed E-state index contributed by atoms with van der Waals surface area (Å²) in [5.41, 5.74) is 0.869. The molecule has 2 aromatic rings. The van der Waals surface area contributed by atoms with E-state index in [1.807, 2.05) is 0 Å². The van der Waals surface area contributed by atoms with Gasteiger partial charge in [0.25, 0.3) is 5.89 Å². The molecular formula is C18H23N3O5S. The van der Waals surface area contributed by atoms with Crippen molar-refractivity contribution in [2.75, 3.05) is 13.1 Å². The number of carbonyl (C=O) groups is 1. The van der Waals surface area contributed by atoms with Crippen molar-refractivity contribution in [1.29, 1.82) is 0 Å². The van der Waals surface area contributed by atoms with Crippen LogP contribution in [0.15, 0.2) is 33.7 Å². The van der Waals surface area contributed by atoms with Crippen molar-refractivity contribution in [2.24, 2.45) is 0 Å². The summed E-state index contributed by atoms with van der Waals surface area (Å²) >= 11 is 0. The summed E-state index contributed by atoms with van der Waals surface area (Å²) < 4.78 is 36.8. The van der Waals surface area contributed by atoms with Gasteiger partial charge in [-0.25, -0.2) is 8.42 Å². The summed E-state index contributed by atoms with van der Waals surface area (Å²) in [7, 11) is -3.41. The molecule has 0 saturated carbocycles. The summed E-state index contributed by atoms with van der Waals surface area (Å²) in [5, 5.41) is 3.67. The van der Waals surface area contributed by atoms with E-state index < -0.39 is 16.1 Å². The summed E-state index contributed by atoms with van der Waals surface area (Å²) in [4.78, 5) is 16.3. The van der Waals surface area contributed by atoms with Crippen molar-refractivity contribution in [2.45, 2.75) is 50.5 Å². The average Bonchev–Trinajstić information content (AvgIpc) is 3.32. The highest BCUT2D eigenvalue weighted by Gasteiger charge is 2.27. The maximum atomic E-state index is 12.5. The number of hydrogen-bond acceptors (Lipinski definition) is 7. The minimum absolute atomic E-state index is 0.176.